The minimum absolute atomic E-state index is 0.160. The molecular weight excluding hydrogens is 198 g/mol. The van der Waals surface area contributed by atoms with Gasteiger partial charge in [0.25, 0.3) is 5.91 Å². The van der Waals surface area contributed by atoms with Gasteiger partial charge in [0.1, 0.15) is 11.7 Å². The lowest BCUT2D eigenvalue weighted by atomic mass is 10.3. The fraction of sp³-hybridized carbons (Fsp3) is 0.333. The highest BCUT2D eigenvalue weighted by molar-refractivity contribution is 5.94. The summed E-state index contributed by atoms with van der Waals surface area (Å²) in [7, 11) is 1.26. The van der Waals surface area contributed by atoms with E-state index >= 15 is 0 Å². The molecule has 1 N–H and O–H groups in total. The van der Waals surface area contributed by atoms with Crippen molar-refractivity contribution >= 4 is 11.9 Å². The van der Waals surface area contributed by atoms with E-state index in [2.05, 4.69) is 20.0 Å². The first-order valence-electron chi connectivity index (χ1n) is 4.30. The fourth-order valence-corrected chi connectivity index (χ4v) is 0.923. The molecule has 0 saturated carbocycles. The van der Waals surface area contributed by atoms with Crippen LogP contribution in [0.25, 0.3) is 0 Å². The zero-order chi connectivity index (χ0) is 11.3. The number of hydrogen-bond donors (Lipinski definition) is 1. The molecular formula is C9H11N3O3. The summed E-state index contributed by atoms with van der Waals surface area (Å²) in [6, 6.07) is -0.704. The van der Waals surface area contributed by atoms with Gasteiger partial charge in [0, 0.05) is 12.4 Å². The average Bonchev–Trinajstić information content (AvgIpc) is 2.29. The first-order valence-corrected chi connectivity index (χ1v) is 4.30. The monoisotopic (exact) mass is 209 g/mol. The van der Waals surface area contributed by atoms with Crippen molar-refractivity contribution in [3.63, 3.8) is 0 Å². The van der Waals surface area contributed by atoms with Crippen molar-refractivity contribution in [2.24, 2.45) is 0 Å². The molecule has 1 aromatic rings. The van der Waals surface area contributed by atoms with Crippen LogP contribution in [-0.2, 0) is 9.53 Å². The van der Waals surface area contributed by atoms with Gasteiger partial charge in [0.15, 0.2) is 0 Å². The Morgan fingerprint density at radius 2 is 2.20 bits per heavy atom. The van der Waals surface area contributed by atoms with E-state index in [9.17, 15) is 9.59 Å². The van der Waals surface area contributed by atoms with Gasteiger partial charge in [0.05, 0.1) is 13.3 Å². The summed E-state index contributed by atoms with van der Waals surface area (Å²) in [4.78, 5) is 30.0. The molecule has 1 rings (SSSR count). The zero-order valence-electron chi connectivity index (χ0n) is 8.43. The van der Waals surface area contributed by atoms with Gasteiger partial charge in [0.2, 0.25) is 0 Å². The molecule has 0 spiro atoms. The molecule has 0 aliphatic carbocycles. The molecule has 0 fully saturated rings. The van der Waals surface area contributed by atoms with Crippen molar-refractivity contribution in [1.82, 2.24) is 15.3 Å². The Kier molecular flexibility index (Phi) is 3.73. The maximum absolute atomic E-state index is 11.5. The van der Waals surface area contributed by atoms with Crippen LogP contribution in [0.1, 0.15) is 17.4 Å². The van der Waals surface area contributed by atoms with Gasteiger partial charge < -0.3 is 10.1 Å². The summed E-state index contributed by atoms with van der Waals surface area (Å²) in [5.74, 6) is -0.965. The first-order chi connectivity index (χ1) is 7.15. The number of ether oxygens (including phenoxy) is 1. The van der Waals surface area contributed by atoms with E-state index in [4.69, 9.17) is 0 Å². The van der Waals surface area contributed by atoms with Crippen LogP contribution in [0.15, 0.2) is 18.6 Å². The van der Waals surface area contributed by atoms with Gasteiger partial charge in [-0.3, -0.25) is 9.78 Å². The highest BCUT2D eigenvalue weighted by atomic mass is 16.5. The van der Waals surface area contributed by atoms with Crippen LogP contribution in [0.4, 0.5) is 0 Å². The van der Waals surface area contributed by atoms with Gasteiger partial charge in [-0.15, -0.1) is 0 Å². The van der Waals surface area contributed by atoms with E-state index in [-0.39, 0.29) is 5.69 Å². The average molecular weight is 209 g/mol. The Hall–Kier alpha value is -1.98. The quantitative estimate of drug-likeness (QED) is 0.695. The summed E-state index contributed by atoms with van der Waals surface area (Å²) in [6.45, 7) is 1.53. The molecule has 0 radical (unpaired) electrons. The van der Waals surface area contributed by atoms with Crippen molar-refractivity contribution in [1.29, 1.82) is 0 Å². The van der Waals surface area contributed by atoms with Crippen molar-refractivity contribution in [3.05, 3.63) is 24.3 Å². The lowest BCUT2D eigenvalue weighted by Crippen LogP contribution is -2.39. The number of nitrogens with one attached hydrogen (secondary N) is 1. The number of carbonyl (C=O) groups excluding carboxylic acids is 2. The van der Waals surface area contributed by atoms with Crippen LogP contribution >= 0.6 is 0 Å². The maximum Gasteiger partial charge on any atom is 0.328 e. The van der Waals surface area contributed by atoms with Crippen molar-refractivity contribution in [2.75, 3.05) is 7.11 Å². The van der Waals surface area contributed by atoms with Gasteiger partial charge >= 0.3 is 5.97 Å². The summed E-state index contributed by atoms with van der Waals surface area (Å²) in [6.07, 6.45) is 4.18. The molecule has 0 saturated heterocycles. The normalized spacial score (nSPS) is 11.6. The number of methoxy groups -OCH3 is 1. The van der Waals surface area contributed by atoms with Gasteiger partial charge in [-0.25, -0.2) is 9.78 Å². The Morgan fingerprint density at radius 1 is 1.47 bits per heavy atom. The third kappa shape index (κ3) is 3.01. The van der Waals surface area contributed by atoms with Crippen LogP contribution < -0.4 is 5.32 Å². The summed E-state index contributed by atoms with van der Waals surface area (Å²) >= 11 is 0. The van der Waals surface area contributed by atoms with Crippen molar-refractivity contribution in [2.45, 2.75) is 13.0 Å². The van der Waals surface area contributed by atoms with Gasteiger partial charge in [-0.2, -0.15) is 0 Å². The number of hydrogen-bond acceptors (Lipinski definition) is 5. The second-order valence-electron chi connectivity index (χ2n) is 2.81. The molecule has 0 aromatic carbocycles. The second-order valence-corrected chi connectivity index (χ2v) is 2.81. The highest BCUT2D eigenvalue weighted by Crippen LogP contribution is 1.93. The van der Waals surface area contributed by atoms with Crippen molar-refractivity contribution in [3.8, 4) is 0 Å². The SMILES string of the molecule is COC(=O)[C@H](C)NC(=O)c1cnccn1. The third-order valence-corrected chi connectivity index (χ3v) is 1.70. The minimum Gasteiger partial charge on any atom is -0.467 e. The molecule has 1 aromatic heterocycles. The molecule has 1 atom stereocenters. The molecule has 15 heavy (non-hydrogen) atoms. The van der Waals surface area contributed by atoms with Crippen LogP contribution in [0.5, 0.6) is 0 Å². The van der Waals surface area contributed by atoms with Crippen LogP contribution in [0.3, 0.4) is 0 Å². The van der Waals surface area contributed by atoms with Gasteiger partial charge in [-0.1, -0.05) is 0 Å². The van der Waals surface area contributed by atoms with Gasteiger partial charge in [-0.05, 0) is 6.92 Å². The van der Waals surface area contributed by atoms with Crippen LogP contribution in [0.2, 0.25) is 0 Å². The molecule has 6 heteroatoms. The molecule has 0 aliphatic rings. The molecule has 1 amide bonds. The number of nitrogens with zero attached hydrogens (tertiary/aromatic N) is 2. The Bertz CT molecular complexity index is 353. The molecule has 0 aliphatic heterocycles. The minimum atomic E-state index is -0.704. The number of carbonyl (C=O) groups is 2. The van der Waals surface area contributed by atoms with E-state index in [1.807, 2.05) is 0 Å². The summed E-state index contributed by atoms with van der Waals surface area (Å²) in [5.41, 5.74) is 0.160. The fourth-order valence-electron chi connectivity index (χ4n) is 0.923. The predicted octanol–water partition coefficient (Wildman–Crippen LogP) is -0.232. The predicted molar refractivity (Wildman–Crippen MR) is 51.0 cm³/mol. The Labute approximate surface area is 86.7 Å². The van der Waals surface area contributed by atoms with E-state index in [0.29, 0.717) is 0 Å². The smallest absolute Gasteiger partial charge is 0.328 e. The second kappa shape index (κ2) is 5.04. The summed E-state index contributed by atoms with van der Waals surface area (Å²) in [5, 5.41) is 2.43. The molecule has 80 valence electrons. The number of rotatable bonds is 3. The molecule has 6 nitrogen and oxygen atoms in total. The lowest BCUT2D eigenvalue weighted by Gasteiger charge is -2.10. The van der Waals surface area contributed by atoms with E-state index in [1.54, 1.807) is 0 Å². The molecule has 0 bridgehead atoms. The van der Waals surface area contributed by atoms with Crippen LogP contribution in [-0.4, -0.2) is 35.0 Å². The number of aromatic nitrogens is 2. The van der Waals surface area contributed by atoms with E-state index in [0.717, 1.165) is 0 Å². The number of esters is 1. The summed E-state index contributed by atoms with van der Waals surface area (Å²) < 4.78 is 4.46. The maximum atomic E-state index is 11.5. The topological polar surface area (TPSA) is 81.2 Å². The zero-order valence-corrected chi connectivity index (χ0v) is 8.43. The largest absolute Gasteiger partial charge is 0.467 e. The Morgan fingerprint density at radius 3 is 2.73 bits per heavy atom. The standard InChI is InChI=1S/C9H11N3O3/c1-6(9(14)15-2)12-8(13)7-5-10-3-4-11-7/h3-6H,1-2H3,(H,12,13)/t6-/m0/s1. The van der Waals surface area contributed by atoms with Crippen molar-refractivity contribution < 1.29 is 14.3 Å². The number of amides is 1. The van der Waals surface area contributed by atoms with E-state index in [1.165, 1.54) is 32.6 Å². The molecule has 1 heterocycles. The van der Waals surface area contributed by atoms with Crippen LogP contribution in [0, 0.1) is 0 Å². The van der Waals surface area contributed by atoms with E-state index < -0.39 is 17.9 Å². The highest BCUT2D eigenvalue weighted by Gasteiger charge is 2.17. The third-order valence-electron chi connectivity index (χ3n) is 1.70. The lowest BCUT2D eigenvalue weighted by molar-refractivity contribution is -0.142. The first kappa shape index (κ1) is 11.1. The Balaban J connectivity index is 2.61. The molecule has 0 unspecified atom stereocenters.